The lowest BCUT2D eigenvalue weighted by Gasteiger charge is -2.22. The van der Waals surface area contributed by atoms with Gasteiger partial charge in [-0.2, -0.15) is 0 Å². The minimum Gasteiger partial charge on any atom is -0.385 e. The van der Waals surface area contributed by atoms with Crippen LogP contribution in [0, 0.1) is 0 Å². The van der Waals surface area contributed by atoms with Crippen LogP contribution >= 0.6 is 0 Å². The standard InChI is InChI=1S/C15H16O2/c1-17-15(13-10-6-3-7-11-13)14(16)12-8-4-2-5-9-12/h2-11,14-16H,1H3/t14-,15+/m0/s1. The van der Waals surface area contributed by atoms with E-state index < -0.39 is 6.10 Å². The molecule has 0 bridgehead atoms. The summed E-state index contributed by atoms with van der Waals surface area (Å²) in [5.74, 6) is 0. The molecule has 0 saturated carbocycles. The van der Waals surface area contributed by atoms with Crippen molar-refractivity contribution >= 4 is 0 Å². The molecule has 0 aromatic heterocycles. The second-order valence-electron chi connectivity index (χ2n) is 3.92. The van der Waals surface area contributed by atoms with Gasteiger partial charge in [-0.1, -0.05) is 60.7 Å². The molecule has 1 N–H and O–H groups in total. The van der Waals surface area contributed by atoms with Crippen LogP contribution in [0.2, 0.25) is 0 Å². The van der Waals surface area contributed by atoms with Crippen LogP contribution in [0.3, 0.4) is 0 Å². The maximum atomic E-state index is 10.3. The van der Waals surface area contributed by atoms with Crippen molar-refractivity contribution in [2.75, 3.05) is 7.11 Å². The summed E-state index contributed by atoms with van der Waals surface area (Å²) in [5.41, 5.74) is 1.84. The highest BCUT2D eigenvalue weighted by molar-refractivity contribution is 5.24. The number of hydrogen-bond donors (Lipinski definition) is 1. The molecule has 0 heterocycles. The van der Waals surface area contributed by atoms with E-state index >= 15 is 0 Å². The Labute approximate surface area is 101 Å². The molecule has 2 aromatic carbocycles. The highest BCUT2D eigenvalue weighted by Crippen LogP contribution is 2.30. The number of rotatable bonds is 4. The lowest BCUT2D eigenvalue weighted by atomic mass is 9.98. The number of ether oxygens (including phenoxy) is 1. The molecule has 0 aliphatic rings. The van der Waals surface area contributed by atoms with Gasteiger partial charge in [0.2, 0.25) is 0 Å². The van der Waals surface area contributed by atoms with Crippen LogP contribution in [0.25, 0.3) is 0 Å². The Balaban J connectivity index is 2.25. The van der Waals surface area contributed by atoms with Gasteiger partial charge in [0.05, 0.1) is 0 Å². The predicted molar refractivity (Wildman–Crippen MR) is 67.6 cm³/mol. The Morgan fingerprint density at radius 1 is 0.824 bits per heavy atom. The quantitative estimate of drug-likeness (QED) is 0.871. The first kappa shape index (κ1) is 11.8. The van der Waals surface area contributed by atoms with Crippen LogP contribution in [0.1, 0.15) is 23.3 Å². The van der Waals surface area contributed by atoms with E-state index in [1.807, 2.05) is 60.7 Å². The van der Waals surface area contributed by atoms with Crippen molar-refractivity contribution in [1.29, 1.82) is 0 Å². The molecule has 2 nitrogen and oxygen atoms in total. The Kier molecular flexibility index (Phi) is 3.91. The molecule has 2 rings (SSSR count). The van der Waals surface area contributed by atoms with Crippen molar-refractivity contribution in [3.63, 3.8) is 0 Å². The lowest BCUT2D eigenvalue weighted by Crippen LogP contribution is -2.12. The van der Waals surface area contributed by atoms with Crippen molar-refractivity contribution in [1.82, 2.24) is 0 Å². The molecular formula is C15H16O2. The van der Waals surface area contributed by atoms with Gasteiger partial charge in [-0.3, -0.25) is 0 Å². The summed E-state index contributed by atoms with van der Waals surface area (Å²) in [4.78, 5) is 0. The third kappa shape index (κ3) is 2.73. The molecule has 2 atom stereocenters. The van der Waals surface area contributed by atoms with E-state index in [1.54, 1.807) is 7.11 Å². The van der Waals surface area contributed by atoms with Crippen molar-refractivity contribution in [3.8, 4) is 0 Å². The number of hydrogen-bond acceptors (Lipinski definition) is 2. The monoisotopic (exact) mass is 228 g/mol. The summed E-state index contributed by atoms with van der Waals surface area (Å²) in [6, 6.07) is 19.3. The van der Waals surface area contributed by atoms with E-state index in [2.05, 4.69) is 0 Å². The maximum absolute atomic E-state index is 10.3. The van der Waals surface area contributed by atoms with Crippen LogP contribution in [0.15, 0.2) is 60.7 Å². The summed E-state index contributed by atoms with van der Waals surface area (Å²) in [6.07, 6.45) is -0.984. The molecule has 0 spiro atoms. The van der Waals surface area contributed by atoms with E-state index in [0.29, 0.717) is 0 Å². The number of aliphatic hydroxyl groups is 1. The van der Waals surface area contributed by atoms with E-state index in [1.165, 1.54) is 0 Å². The third-order valence-corrected chi connectivity index (χ3v) is 2.81. The lowest BCUT2D eigenvalue weighted by molar-refractivity contribution is -0.0149. The summed E-state index contributed by atoms with van der Waals surface area (Å²) < 4.78 is 5.40. The van der Waals surface area contributed by atoms with Gasteiger partial charge in [-0.15, -0.1) is 0 Å². The molecule has 88 valence electrons. The first-order chi connectivity index (χ1) is 8.33. The molecular weight excluding hydrogens is 212 g/mol. The Morgan fingerprint density at radius 2 is 1.29 bits per heavy atom. The fraction of sp³-hybridized carbons (Fsp3) is 0.200. The van der Waals surface area contributed by atoms with E-state index in [-0.39, 0.29) is 6.10 Å². The normalized spacial score (nSPS) is 14.2. The summed E-state index contributed by atoms with van der Waals surface area (Å²) >= 11 is 0. The molecule has 0 fully saturated rings. The topological polar surface area (TPSA) is 29.5 Å². The van der Waals surface area contributed by atoms with Crippen molar-refractivity contribution < 1.29 is 9.84 Å². The van der Waals surface area contributed by atoms with E-state index in [4.69, 9.17) is 4.74 Å². The average Bonchev–Trinajstić information content (AvgIpc) is 2.42. The minimum absolute atomic E-state index is 0.335. The SMILES string of the molecule is CO[C@H](c1ccccc1)[C@@H](O)c1ccccc1. The summed E-state index contributed by atoms with van der Waals surface area (Å²) in [5, 5.41) is 10.3. The largest absolute Gasteiger partial charge is 0.385 e. The van der Waals surface area contributed by atoms with Crippen LogP contribution in [-0.4, -0.2) is 12.2 Å². The molecule has 0 aliphatic carbocycles. The van der Waals surface area contributed by atoms with Gasteiger partial charge in [-0.05, 0) is 11.1 Å². The molecule has 0 radical (unpaired) electrons. The second kappa shape index (κ2) is 5.62. The molecule has 2 aromatic rings. The minimum atomic E-state index is -0.649. The van der Waals surface area contributed by atoms with Gasteiger partial charge >= 0.3 is 0 Å². The van der Waals surface area contributed by atoms with Crippen LogP contribution in [-0.2, 0) is 4.74 Å². The zero-order chi connectivity index (χ0) is 12.1. The smallest absolute Gasteiger partial charge is 0.112 e. The van der Waals surface area contributed by atoms with Gasteiger partial charge in [0, 0.05) is 7.11 Å². The van der Waals surface area contributed by atoms with Crippen molar-refractivity contribution in [2.24, 2.45) is 0 Å². The summed E-state index contributed by atoms with van der Waals surface area (Å²) in [7, 11) is 1.61. The Hall–Kier alpha value is -1.64. The Morgan fingerprint density at radius 3 is 1.76 bits per heavy atom. The number of methoxy groups -OCH3 is 1. The first-order valence-corrected chi connectivity index (χ1v) is 5.63. The van der Waals surface area contributed by atoms with Crippen molar-refractivity contribution in [2.45, 2.75) is 12.2 Å². The fourth-order valence-corrected chi connectivity index (χ4v) is 1.91. The fourth-order valence-electron chi connectivity index (χ4n) is 1.91. The summed E-state index contributed by atoms with van der Waals surface area (Å²) in [6.45, 7) is 0. The van der Waals surface area contributed by atoms with Gasteiger partial charge in [0.1, 0.15) is 12.2 Å². The van der Waals surface area contributed by atoms with Crippen molar-refractivity contribution in [3.05, 3.63) is 71.8 Å². The van der Waals surface area contributed by atoms with Gasteiger partial charge in [0.25, 0.3) is 0 Å². The zero-order valence-electron chi connectivity index (χ0n) is 9.78. The predicted octanol–water partition coefficient (Wildman–Crippen LogP) is 3.11. The Bertz CT molecular complexity index is 439. The highest BCUT2D eigenvalue weighted by Gasteiger charge is 2.21. The molecule has 0 aliphatic heterocycles. The zero-order valence-corrected chi connectivity index (χ0v) is 9.78. The maximum Gasteiger partial charge on any atom is 0.112 e. The van der Waals surface area contributed by atoms with E-state index in [0.717, 1.165) is 11.1 Å². The highest BCUT2D eigenvalue weighted by atomic mass is 16.5. The molecule has 2 heteroatoms. The molecule has 0 unspecified atom stereocenters. The molecule has 17 heavy (non-hydrogen) atoms. The van der Waals surface area contributed by atoms with Gasteiger partial charge in [-0.25, -0.2) is 0 Å². The van der Waals surface area contributed by atoms with Crippen LogP contribution < -0.4 is 0 Å². The van der Waals surface area contributed by atoms with E-state index in [9.17, 15) is 5.11 Å². The van der Waals surface area contributed by atoms with Crippen LogP contribution in [0.5, 0.6) is 0 Å². The molecule has 0 amide bonds. The van der Waals surface area contributed by atoms with Gasteiger partial charge < -0.3 is 9.84 Å². The average molecular weight is 228 g/mol. The van der Waals surface area contributed by atoms with Crippen LogP contribution in [0.4, 0.5) is 0 Å². The van der Waals surface area contributed by atoms with Gasteiger partial charge in [0.15, 0.2) is 0 Å². The third-order valence-electron chi connectivity index (χ3n) is 2.81. The second-order valence-corrected chi connectivity index (χ2v) is 3.92. The first-order valence-electron chi connectivity index (χ1n) is 5.63. The molecule has 0 saturated heterocycles. The number of aliphatic hydroxyl groups excluding tert-OH is 1. The number of benzene rings is 2.